The van der Waals surface area contributed by atoms with E-state index >= 15 is 0 Å². The van der Waals surface area contributed by atoms with E-state index in [4.69, 9.17) is 16.7 Å². The number of nitrogens with one attached hydrogen (secondary N) is 2. The Morgan fingerprint density at radius 2 is 1.88 bits per heavy atom. The Hall–Kier alpha value is -0.792. The first-order chi connectivity index (χ1) is 7.35. The predicted molar refractivity (Wildman–Crippen MR) is 60.4 cm³/mol. The van der Waals surface area contributed by atoms with Crippen LogP contribution in [-0.4, -0.2) is 31.2 Å². The van der Waals surface area contributed by atoms with Crippen molar-refractivity contribution in [2.45, 2.75) is 0 Å². The Morgan fingerprint density at radius 3 is 2.19 bits per heavy atom. The fraction of sp³-hybridized carbons (Fsp3) is 0.400. The molecule has 0 fully saturated rings. The molecule has 0 saturated heterocycles. The number of nitriles is 1. The summed E-state index contributed by atoms with van der Waals surface area (Å²) in [6, 6.07) is 7.14. The van der Waals surface area contributed by atoms with E-state index in [2.05, 4.69) is 10.3 Å². The second-order valence-corrected chi connectivity index (χ2v) is 2.50. The molecular weight excluding hydrogens is 385 g/mol. The van der Waals surface area contributed by atoms with Gasteiger partial charge in [-0.05, 0) is 12.1 Å². The van der Waals surface area contributed by atoms with Crippen LogP contribution in [0.1, 0.15) is 5.69 Å². The van der Waals surface area contributed by atoms with Gasteiger partial charge in [0.15, 0.2) is 0 Å². The second-order valence-electron chi connectivity index (χ2n) is 2.50. The van der Waals surface area contributed by atoms with E-state index in [1.165, 1.54) is 0 Å². The summed E-state index contributed by atoms with van der Waals surface area (Å²) in [5, 5.41) is 12.1. The van der Waals surface area contributed by atoms with Crippen molar-refractivity contribution < 1.29 is 21.1 Å². The molecule has 1 aromatic rings. The Labute approximate surface area is 110 Å². The molecule has 0 aliphatic heterocycles. The van der Waals surface area contributed by atoms with Crippen molar-refractivity contribution in [3.05, 3.63) is 46.9 Å². The number of hydrogen-bond acceptors (Lipinski definition) is 2. The number of hydrogen-bond donors (Lipinski definition) is 0. The smallest absolute Gasteiger partial charge is 0.140 e. The van der Waals surface area contributed by atoms with E-state index in [-0.39, 0.29) is 21.1 Å². The largest absolute Gasteiger partial charge is 0.679 e. The number of rotatable bonds is 4. The van der Waals surface area contributed by atoms with Crippen molar-refractivity contribution in [1.29, 1.82) is 5.26 Å². The third-order valence-corrected chi connectivity index (χ3v) is 1.32. The summed E-state index contributed by atoms with van der Waals surface area (Å²) in [6.45, 7) is 1.91. The predicted octanol–water partition coefficient (Wildman–Crippen LogP) is 2.42. The van der Waals surface area contributed by atoms with Crippen LogP contribution in [0, 0.1) is 11.3 Å². The first-order valence-electron chi connectivity index (χ1n) is 4.58. The number of nitrogens with zero attached hydrogens (tertiary/aromatic N) is 3. The molecule has 0 radical (unpaired) electrons. The summed E-state index contributed by atoms with van der Waals surface area (Å²) in [7, 11) is 0. The van der Waals surface area contributed by atoms with E-state index < -0.39 is 0 Å². The van der Waals surface area contributed by atoms with Crippen LogP contribution in [0.2, 0.25) is 0 Å². The summed E-state index contributed by atoms with van der Waals surface area (Å²) in [6.07, 6.45) is 1.60. The van der Waals surface area contributed by atoms with Crippen molar-refractivity contribution in [3.63, 3.8) is 0 Å². The van der Waals surface area contributed by atoms with Crippen LogP contribution < -0.4 is 0 Å². The second kappa shape index (κ2) is 14.2. The first kappa shape index (κ1) is 17.6. The molecule has 2 N–H and O–H groups in total. The summed E-state index contributed by atoms with van der Waals surface area (Å²) < 4.78 is 0. The van der Waals surface area contributed by atoms with Gasteiger partial charge in [0.25, 0.3) is 0 Å². The van der Waals surface area contributed by atoms with Crippen molar-refractivity contribution >= 4 is 0 Å². The van der Waals surface area contributed by atoms with Gasteiger partial charge in [0.2, 0.25) is 0 Å². The van der Waals surface area contributed by atoms with Gasteiger partial charge in [-0.1, -0.05) is 6.07 Å². The first-order valence-corrected chi connectivity index (χ1v) is 4.58. The Morgan fingerprint density at radius 1 is 1.25 bits per heavy atom. The average molecular weight is 399 g/mol. The molecule has 1 aromatic heterocycles. The van der Waals surface area contributed by atoms with Crippen LogP contribution in [0.4, 0.5) is 0 Å². The van der Waals surface area contributed by atoms with E-state index in [1.807, 2.05) is 6.07 Å². The fourth-order valence-corrected chi connectivity index (χ4v) is 0.699. The molecule has 0 aliphatic rings. The zero-order chi connectivity index (χ0) is 11.4. The van der Waals surface area contributed by atoms with E-state index in [9.17, 15) is 0 Å². The summed E-state index contributed by atoms with van der Waals surface area (Å²) >= 11 is 0. The monoisotopic (exact) mass is 399 g/mol. The summed E-state index contributed by atoms with van der Waals surface area (Å²) in [5.41, 5.74) is 13.7. The van der Waals surface area contributed by atoms with Gasteiger partial charge >= 0.3 is 0 Å². The van der Waals surface area contributed by atoms with Crippen LogP contribution >= 0.6 is 0 Å². The normalized spacial score (nSPS) is 8.06. The fourth-order valence-electron chi connectivity index (χ4n) is 0.699. The third kappa shape index (κ3) is 11.3. The SMILES string of the molecule is N#Cc1ccccn1.[NH-]CC[N-]CC[NH-].[Pt]. The molecule has 0 saturated carbocycles. The molecule has 1 heterocycles. The van der Waals surface area contributed by atoms with Gasteiger partial charge < -0.3 is 16.8 Å². The molecule has 5 nitrogen and oxygen atoms in total. The zero-order valence-electron chi connectivity index (χ0n) is 8.80. The molecule has 6 heteroatoms. The van der Waals surface area contributed by atoms with E-state index in [0.717, 1.165) is 0 Å². The number of aromatic nitrogens is 1. The van der Waals surface area contributed by atoms with Gasteiger partial charge in [-0.25, -0.2) is 4.98 Å². The average Bonchev–Trinajstić information content (AvgIpc) is 2.32. The minimum absolute atomic E-state index is 0. The Balaban J connectivity index is 0. The van der Waals surface area contributed by atoms with Crippen molar-refractivity contribution in [2.75, 3.05) is 26.2 Å². The molecule has 1 rings (SSSR count). The molecule has 16 heavy (non-hydrogen) atoms. The van der Waals surface area contributed by atoms with Gasteiger partial charge in [-0.3, -0.25) is 0 Å². The molecule has 0 bridgehead atoms. The van der Waals surface area contributed by atoms with Gasteiger partial charge in [-0.2, -0.15) is 31.4 Å². The maximum absolute atomic E-state index is 8.23. The standard InChI is InChI=1S/C6H4N2.C4H10N3.Pt/c7-5-6-3-1-2-4-8-6;5-1-3-7-4-2-6;/h1-4H;5-6H,1-4H2;/q;-3;. The van der Waals surface area contributed by atoms with Crippen LogP contribution in [0.3, 0.4) is 0 Å². The Bertz CT molecular complexity index is 268. The van der Waals surface area contributed by atoms with Crippen molar-refractivity contribution in [3.8, 4) is 6.07 Å². The molecule has 92 valence electrons. The minimum Gasteiger partial charge on any atom is -0.679 e. The van der Waals surface area contributed by atoms with Gasteiger partial charge in [0.1, 0.15) is 11.8 Å². The van der Waals surface area contributed by atoms with Gasteiger partial charge in [-0.15, -0.1) is 0 Å². The van der Waals surface area contributed by atoms with Crippen molar-refractivity contribution in [2.24, 2.45) is 0 Å². The van der Waals surface area contributed by atoms with E-state index in [0.29, 0.717) is 31.9 Å². The number of pyridine rings is 1. The molecule has 0 spiro atoms. The molecule has 0 aliphatic carbocycles. The zero-order valence-corrected chi connectivity index (χ0v) is 11.1. The minimum atomic E-state index is 0. The maximum atomic E-state index is 8.23. The molecule has 0 atom stereocenters. The van der Waals surface area contributed by atoms with Gasteiger partial charge in [0.05, 0.1) is 0 Å². The van der Waals surface area contributed by atoms with Crippen LogP contribution in [0.25, 0.3) is 16.8 Å². The quantitative estimate of drug-likeness (QED) is 0.727. The topological polar surface area (TPSA) is 98.4 Å². The molecule has 0 amide bonds. The van der Waals surface area contributed by atoms with E-state index in [1.54, 1.807) is 24.4 Å². The van der Waals surface area contributed by atoms with Gasteiger partial charge in [0, 0.05) is 27.3 Å². The summed E-state index contributed by atoms with van der Waals surface area (Å²) in [4.78, 5) is 3.74. The van der Waals surface area contributed by atoms with Crippen LogP contribution in [0.15, 0.2) is 24.4 Å². The van der Waals surface area contributed by atoms with Crippen LogP contribution in [0.5, 0.6) is 0 Å². The molecule has 0 aromatic carbocycles. The van der Waals surface area contributed by atoms with Crippen LogP contribution in [-0.2, 0) is 21.1 Å². The maximum Gasteiger partial charge on any atom is 0.140 e. The third-order valence-electron chi connectivity index (χ3n) is 1.32. The summed E-state index contributed by atoms with van der Waals surface area (Å²) in [5.74, 6) is 0. The molecular formula is C10H14N5Pt-3. The molecule has 0 unspecified atom stereocenters. The Kier molecular flexibility index (Phi) is 15.6. The van der Waals surface area contributed by atoms with Crippen molar-refractivity contribution in [1.82, 2.24) is 4.98 Å².